The van der Waals surface area contributed by atoms with Gasteiger partial charge in [-0.25, -0.2) is 17.5 Å². The van der Waals surface area contributed by atoms with Gasteiger partial charge in [0.1, 0.15) is 10.7 Å². The fourth-order valence-corrected chi connectivity index (χ4v) is 3.89. The van der Waals surface area contributed by atoms with E-state index in [1.165, 1.54) is 11.3 Å². The van der Waals surface area contributed by atoms with Crippen molar-refractivity contribution in [2.24, 2.45) is 0 Å². The van der Waals surface area contributed by atoms with Crippen molar-refractivity contribution < 1.29 is 12.8 Å². The Bertz CT molecular complexity index is 712. The van der Waals surface area contributed by atoms with E-state index in [0.717, 1.165) is 17.0 Å². The fraction of sp³-hybridized carbons (Fsp3) is 0.231. The number of hydrogen-bond donors (Lipinski definition) is 2. The van der Waals surface area contributed by atoms with Gasteiger partial charge >= 0.3 is 0 Å². The molecule has 1 unspecified atom stereocenters. The molecule has 0 fully saturated rings. The molecule has 4 nitrogen and oxygen atoms in total. The third-order valence-electron chi connectivity index (χ3n) is 2.91. The minimum Gasteiger partial charge on any atom is -0.398 e. The van der Waals surface area contributed by atoms with Gasteiger partial charge in [0, 0.05) is 10.6 Å². The maximum atomic E-state index is 13.8. The van der Waals surface area contributed by atoms with E-state index in [-0.39, 0.29) is 5.69 Å². The SMILES string of the molecule is Cc1cc(F)c(S(=O)(=O)NC(C)c2cccs2)cc1N. The van der Waals surface area contributed by atoms with Crippen LogP contribution in [0.1, 0.15) is 23.4 Å². The molecule has 1 aromatic carbocycles. The van der Waals surface area contributed by atoms with Crippen molar-refractivity contribution >= 4 is 27.0 Å². The molecule has 0 amide bonds. The number of nitrogen functional groups attached to an aromatic ring is 1. The first-order valence-electron chi connectivity index (χ1n) is 5.92. The average molecular weight is 314 g/mol. The average Bonchev–Trinajstić information content (AvgIpc) is 2.86. The lowest BCUT2D eigenvalue weighted by Gasteiger charge is -2.14. The monoisotopic (exact) mass is 314 g/mol. The van der Waals surface area contributed by atoms with E-state index in [1.54, 1.807) is 13.8 Å². The quantitative estimate of drug-likeness (QED) is 0.852. The minimum atomic E-state index is -3.95. The first-order valence-corrected chi connectivity index (χ1v) is 8.29. The van der Waals surface area contributed by atoms with E-state index >= 15 is 0 Å². The number of thiophene rings is 1. The molecule has 108 valence electrons. The summed E-state index contributed by atoms with van der Waals surface area (Å²) in [5.74, 6) is -0.803. The molecule has 3 N–H and O–H groups in total. The molecule has 0 spiro atoms. The number of benzene rings is 1. The first-order chi connectivity index (χ1) is 9.31. The Labute approximate surface area is 121 Å². The zero-order chi connectivity index (χ0) is 14.9. The molecule has 1 heterocycles. The van der Waals surface area contributed by atoms with Gasteiger partial charge < -0.3 is 5.73 Å². The lowest BCUT2D eigenvalue weighted by atomic mass is 10.2. The van der Waals surface area contributed by atoms with E-state index in [2.05, 4.69) is 4.72 Å². The van der Waals surface area contributed by atoms with Gasteiger partial charge in [0.15, 0.2) is 0 Å². The largest absolute Gasteiger partial charge is 0.398 e. The zero-order valence-corrected chi connectivity index (χ0v) is 12.7. The van der Waals surface area contributed by atoms with Gasteiger partial charge in [-0.3, -0.25) is 0 Å². The number of nitrogens with one attached hydrogen (secondary N) is 1. The van der Waals surface area contributed by atoms with Crippen LogP contribution in [0, 0.1) is 12.7 Å². The number of aryl methyl sites for hydroxylation is 1. The van der Waals surface area contributed by atoms with E-state index in [9.17, 15) is 12.8 Å². The second kappa shape index (κ2) is 5.51. The van der Waals surface area contributed by atoms with E-state index in [1.807, 2.05) is 17.5 Å². The number of halogens is 1. The highest BCUT2D eigenvalue weighted by atomic mass is 32.2. The predicted octanol–water partition coefficient (Wildman–Crippen LogP) is 2.82. The smallest absolute Gasteiger partial charge is 0.244 e. The van der Waals surface area contributed by atoms with Gasteiger partial charge in [-0.05, 0) is 43.0 Å². The molecule has 7 heteroatoms. The summed E-state index contributed by atoms with van der Waals surface area (Å²) in [7, 11) is -3.95. The molecular weight excluding hydrogens is 299 g/mol. The Kier molecular flexibility index (Phi) is 4.12. The molecule has 0 saturated carbocycles. The van der Waals surface area contributed by atoms with Crippen molar-refractivity contribution in [2.75, 3.05) is 5.73 Å². The molecule has 0 saturated heterocycles. The van der Waals surface area contributed by atoms with Crippen LogP contribution in [0.2, 0.25) is 0 Å². The zero-order valence-electron chi connectivity index (χ0n) is 11.1. The summed E-state index contributed by atoms with van der Waals surface area (Å²) in [6.07, 6.45) is 0. The number of rotatable bonds is 4. The molecule has 1 atom stereocenters. The van der Waals surface area contributed by atoms with Crippen LogP contribution in [-0.2, 0) is 10.0 Å². The lowest BCUT2D eigenvalue weighted by molar-refractivity contribution is 0.548. The van der Waals surface area contributed by atoms with E-state index in [4.69, 9.17) is 5.73 Å². The van der Waals surface area contributed by atoms with Crippen LogP contribution in [0.25, 0.3) is 0 Å². The summed E-state index contributed by atoms with van der Waals surface area (Å²) in [5.41, 5.74) is 6.41. The Morgan fingerprint density at radius 1 is 1.40 bits per heavy atom. The molecule has 0 aliphatic rings. The highest BCUT2D eigenvalue weighted by Gasteiger charge is 2.23. The second-order valence-corrected chi connectivity index (χ2v) is 7.16. The van der Waals surface area contributed by atoms with Crippen molar-refractivity contribution in [1.82, 2.24) is 4.72 Å². The molecular formula is C13H15FN2O2S2. The number of anilines is 1. The topological polar surface area (TPSA) is 72.2 Å². The summed E-state index contributed by atoms with van der Waals surface area (Å²) < 4.78 is 40.7. The summed E-state index contributed by atoms with van der Waals surface area (Å²) in [5, 5.41) is 1.85. The van der Waals surface area contributed by atoms with Gasteiger partial charge in [-0.1, -0.05) is 6.07 Å². The van der Waals surface area contributed by atoms with Crippen molar-refractivity contribution in [1.29, 1.82) is 0 Å². The standard InChI is InChI=1S/C13H15FN2O2S2/c1-8-6-10(14)13(7-11(8)15)20(17,18)16-9(2)12-4-3-5-19-12/h3-7,9,16H,15H2,1-2H3. The Morgan fingerprint density at radius 3 is 2.70 bits per heavy atom. The molecule has 2 aromatic rings. The number of nitrogens with two attached hydrogens (primary N) is 1. The summed E-state index contributed by atoms with van der Waals surface area (Å²) >= 11 is 1.43. The Hall–Kier alpha value is -1.44. The van der Waals surface area contributed by atoms with Crippen molar-refractivity contribution in [3.8, 4) is 0 Å². The second-order valence-electron chi connectivity index (χ2n) is 4.50. The first kappa shape index (κ1) is 15.0. The maximum Gasteiger partial charge on any atom is 0.244 e. The normalized spacial score (nSPS) is 13.3. The van der Waals surface area contributed by atoms with Crippen LogP contribution in [0.3, 0.4) is 0 Å². The van der Waals surface area contributed by atoms with Gasteiger partial charge in [-0.2, -0.15) is 0 Å². The van der Waals surface area contributed by atoms with Crippen LogP contribution >= 0.6 is 11.3 Å². The summed E-state index contributed by atoms with van der Waals surface area (Å²) in [6.45, 7) is 3.33. The Morgan fingerprint density at radius 2 is 2.10 bits per heavy atom. The molecule has 20 heavy (non-hydrogen) atoms. The third kappa shape index (κ3) is 3.00. The fourth-order valence-electron chi connectivity index (χ4n) is 1.77. The van der Waals surface area contributed by atoms with Crippen LogP contribution < -0.4 is 10.5 Å². The van der Waals surface area contributed by atoms with Crippen molar-refractivity contribution in [2.45, 2.75) is 24.8 Å². The van der Waals surface area contributed by atoms with E-state index < -0.39 is 26.8 Å². The summed E-state index contributed by atoms with van der Waals surface area (Å²) in [6, 6.07) is 5.49. The van der Waals surface area contributed by atoms with Crippen LogP contribution in [0.5, 0.6) is 0 Å². The van der Waals surface area contributed by atoms with E-state index in [0.29, 0.717) is 5.56 Å². The number of hydrogen-bond acceptors (Lipinski definition) is 4. The number of sulfonamides is 1. The molecule has 2 rings (SSSR count). The lowest BCUT2D eigenvalue weighted by Crippen LogP contribution is -2.27. The highest BCUT2D eigenvalue weighted by molar-refractivity contribution is 7.89. The minimum absolute atomic E-state index is 0.246. The maximum absolute atomic E-state index is 13.8. The van der Waals surface area contributed by atoms with Gasteiger partial charge in [-0.15, -0.1) is 11.3 Å². The molecule has 0 bridgehead atoms. The molecule has 0 radical (unpaired) electrons. The van der Waals surface area contributed by atoms with Crippen molar-refractivity contribution in [3.05, 3.63) is 45.9 Å². The highest BCUT2D eigenvalue weighted by Crippen LogP contribution is 2.24. The molecule has 0 aliphatic heterocycles. The van der Waals surface area contributed by atoms with Crippen LogP contribution in [-0.4, -0.2) is 8.42 Å². The predicted molar refractivity (Wildman–Crippen MR) is 78.6 cm³/mol. The van der Waals surface area contributed by atoms with Crippen LogP contribution in [0.4, 0.5) is 10.1 Å². The summed E-state index contributed by atoms with van der Waals surface area (Å²) in [4.78, 5) is 0.429. The third-order valence-corrected chi connectivity index (χ3v) is 5.52. The van der Waals surface area contributed by atoms with Gasteiger partial charge in [0.2, 0.25) is 10.0 Å². The van der Waals surface area contributed by atoms with Gasteiger partial charge in [0.05, 0.1) is 6.04 Å². The van der Waals surface area contributed by atoms with Gasteiger partial charge in [0.25, 0.3) is 0 Å². The molecule has 1 aromatic heterocycles. The van der Waals surface area contributed by atoms with Crippen LogP contribution in [0.15, 0.2) is 34.5 Å². The molecule has 0 aliphatic carbocycles. The Balaban J connectivity index is 2.34. The van der Waals surface area contributed by atoms with Crippen molar-refractivity contribution in [3.63, 3.8) is 0 Å².